The number of para-hydroxylation sites is 1. The minimum absolute atomic E-state index is 0.0921. The summed E-state index contributed by atoms with van der Waals surface area (Å²) in [7, 11) is 3.20. The highest BCUT2D eigenvalue weighted by Crippen LogP contribution is 2.33. The van der Waals surface area contributed by atoms with E-state index in [-0.39, 0.29) is 17.8 Å². The Kier molecular flexibility index (Phi) is 12.6. The highest BCUT2D eigenvalue weighted by Gasteiger charge is 2.29. The third kappa shape index (κ3) is 9.44. The molecular weight excluding hydrogens is 510 g/mol. The van der Waals surface area contributed by atoms with Gasteiger partial charge in [0.15, 0.2) is 11.5 Å². The third-order valence-corrected chi connectivity index (χ3v) is 7.01. The number of nitrogens with zero attached hydrogens (tertiary/aromatic N) is 1. The zero-order valence-electron chi connectivity index (χ0n) is 23.7. The van der Waals surface area contributed by atoms with Gasteiger partial charge >= 0.3 is 6.03 Å². The van der Waals surface area contributed by atoms with Crippen LogP contribution in [0.4, 0.5) is 10.5 Å². The van der Waals surface area contributed by atoms with E-state index in [4.69, 9.17) is 15.2 Å². The molecule has 0 aliphatic carbocycles. The van der Waals surface area contributed by atoms with E-state index in [9.17, 15) is 14.4 Å². The van der Waals surface area contributed by atoms with E-state index in [0.717, 1.165) is 36.1 Å². The number of nitrogens with one attached hydrogen (secondary N) is 3. The Morgan fingerprint density at radius 1 is 0.950 bits per heavy atom. The lowest BCUT2D eigenvalue weighted by molar-refractivity contribution is -0.137. The van der Waals surface area contributed by atoms with E-state index in [2.05, 4.69) is 16.0 Å². The number of nitrogens with two attached hydrogens (primary N) is 1. The van der Waals surface area contributed by atoms with Crippen molar-refractivity contribution in [1.29, 1.82) is 0 Å². The van der Waals surface area contributed by atoms with Crippen molar-refractivity contribution in [3.8, 4) is 11.5 Å². The number of anilines is 1. The van der Waals surface area contributed by atoms with E-state index in [1.807, 2.05) is 42.5 Å². The van der Waals surface area contributed by atoms with Crippen molar-refractivity contribution < 1.29 is 23.9 Å². The maximum Gasteiger partial charge on any atom is 0.319 e. The van der Waals surface area contributed by atoms with Crippen molar-refractivity contribution in [3.63, 3.8) is 0 Å². The van der Waals surface area contributed by atoms with Crippen molar-refractivity contribution >= 4 is 23.5 Å². The monoisotopic (exact) mass is 553 g/mol. The van der Waals surface area contributed by atoms with Crippen molar-refractivity contribution in [2.75, 3.05) is 39.2 Å². The molecule has 1 aliphatic rings. The number of ether oxygens (including phenoxy) is 2. The number of urea groups is 1. The molecule has 1 heterocycles. The Balaban J connectivity index is 1.56. The molecule has 0 saturated carbocycles. The molecule has 4 amide bonds. The summed E-state index contributed by atoms with van der Waals surface area (Å²) in [6.45, 7) is 2.07. The normalized spacial score (nSPS) is 13.1. The third-order valence-electron chi connectivity index (χ3n) is 7.01. The fourth-order valence-electron chi connectivity index (χ4n) is 4.79. The summed E-state index contributed by atoms with van der Waals surface area (Å²) >= 11 is 0. The molecule has 218 valence electrons. The highest BCUT2D eigenvalue weighted by atomic mass is 16.5. The first-order valence-electron chi connectivity index (χ1n) is 14.1. The molecule has 0 bridgehead atoms. The summed E-state index contributed by atoms with van der Waals surface area (Å²) < 4.78 is 10.9. The van der Waals surface area contributed by atoms with Crippen molar-refractivity contribution in [1.82, 2.24) is 15.5 Å². The molecule has 0 saturated heterocycles. The van der Waals surface area contributed by atoms with Gasteiger partial charge in [0.2, 0.25) is 11.8 Å². The summed E-state index contributed by atoms with van der Waals surface area (Å²) in [5.41, 5.74) is 8.42. The molecule has 0 spiro atoms. The largest absolute Gasteiger partial charge is 0.493 e. The lowest BCUT2D eigenvalue weighted by Crippen LogP contribution is -2.49. The molecule has 5 N–H and O–H groups in total. The van der Waals surface area contributed by atoms with Crippen LogP contribution in [0.2, 0.25) is 0 Å². The zero-order valence-corrected chi connectivity index (χ0v) is 23.7. The van der Waals surface area contributed by atoms with E-state index < -0.39 is 6.04 Å². The molecule has 1 aliphatic heterocycles. The Bertz CT molecular complexity index is 1110. The number of hydrogen-bond donors (Lipinski definition) is 4. The SMILES string of the molecule is COc1cc2c(cc1OC)CN(C(=O)C(CCCCNC(=O)Nc1ccccc1)NC(=O)CCCCCN)CC2. The Morgan fingerprint density at radius 3 is 2.38 bits per heavy atom. The molecule has 10 heteroatoms. The Labute approximate surface area is 237 Å². The number of hydrogen-bond acceptors (Lipinski definition) is 6. The van der Waals surface area contributed by atoms with Gasteiger partial charge in [0.05, 0.1) is 14.2 Å². The molecule has 40 heavy (non-hydrogen) atoms. The molecule has 0 radical (unpaired) electrons. The second kappa shape index (κ2) is 16.3. The number of benzene rings is 2. The molecule has 0 aromatic heterocycles. The maximum atomic E-state index is 13.6. The van der Waals surface area contributed by atoms with Gasteiger partial charge in [-0.1, -0.05) is 24.6 Å². The van der Waals surface area contributed by atoms with E-state index in [1.54, 1.807) is 19.1 Å². The van der Waals surface area contributed by atoms with Gasteiger partial charge < -0.3 is 36.1 Å². The van der Waals surface area contributed by atoms with Crippen LogP contribution in [-0.2, 0) is 22.6 Å². The van der Waals surface area contributed by atoms with Crippen molar-refractivity contribution in [3.05, 3.63) is 53.6 Å². The summed E-state index contributed by atoms with van der Waals surface area (Å²) in [6, 6.07) is 12.2. The van der Waals surface area contributed by atoms with Crippen LogP contribution in [-0.4, -0.2) is 62.6 Å². The standard InChI is InChI=1S/C30H43N5O5/c1-39-26-19-22-15-18-35(21-23(22)20-27(26)40-2)29(37)25(34-28(36)14-7-4-9-16-31)13-8-10-17-32-30(38)33-24-11-5-3-6-12-24/h3,5-6,11-12,19-20,25H,4,7-10,13-18,21,31H2,1-2H3,(H,34,36)(H2,32,33,38). The topological polar surface area (TPSA) is 135 Å². The maximum absolute atomic E-state index is 13.6. The van der Waals surface area contributed by atoms with Crippen LogP contribution >= 0.6 is 0 Å². The van der Waals surface area contributed by atoms with Crippen molar-refractivity contribution in [2.45, 2.75) is 64.0 Å². The average molecular weight is 554 g/mol. The first-order chi connectivity index (χ1) is 19.4. The van der Waals surface area contributed by atoms with Crippen LogP contribution < -0.4 is 31.2 Å². The minimum Gasteiger partial charge on any atom is -0.493 e. The smallest absolute Gasteiger partial charge is 0.319 e. The Hall–Kier alpha value is -3.79. The van der Waals surface area contributed by atoms with Crippen molar-refractivity contribution in [2.24, 2.45) is 5.73 Å². The highest BCUT2D eigenvalue weighted by molar-refractivity contribution is 5.89. The van der Waals surface area contributed by atoms with E-state index in [1.165, 1.54) is 0 Å². The van der Waals surface area contributed by atoms with Crippen LogP contribution in [0.25, 0.3) is 0 Å². The number of rotatable bonds is 15. The molecule has 1 unspecified atom stereocenters. The van der Waals surface area contributed by atoms with Crippen LogP contribution in [0.3, 0.4) is 0 Å². The number of fused-ring (bicyclic) bond motifs is 1. The summed E-state index contributed by atoms with van der Waals surface area (Å²) in [4.78, 5) is 40.3. The second-order valence-electron chi connectivity index (χ2n) is 9.95. The first-order valence-corrected chi connectivity index (χ1v) is 14.1. The minimum atomic E-state index is -0.623. The van der Waals surface area contributed by atoms with Crippen LogP contribution in [0.1, 0.15) is 56.1 Å². The molecule has 1 atom stereocenters. The fraction of sp³-hybridized carbons (Fsp3) is 0.500. The van der Waals surface area contributed by atoms with Gasteiger partial charge in [-0.15, -0.1) is 0 Å². The van der Waals surface area contributed by atoms with Gasteiger partial charge in [0.25, 0.3) is 0 Å². The van der Waals surface area contributed by atoms with E-state index in [0.29, 0.717) is 69.8 Å². The first kappa shape index (κ1) is 30.7. The summed E-state index contributed by atoms with van der Waals surface area (Å²) in [6.07, 6.45) is 5.40. The number of carbonyl (C=O) groups excluding carboxylic acids is 3. The summed E-state index contributed by atoms with van der Waals surface area (Å²) in [5.74, 6) is 1.08. The number of amides is 4. The lowest BCUT2D eigenvalue weighted by Gasteiger charge is -2.32. The van der Waals surface area contributed by atoms with Gasteiger partial charge in [0.1, 0.15) is 6.04 Å². The van der Waals surface area contributed by atoms with Gasteiger partial charge in [-0.25, -0.2) is 4.79 Å². The van der Waals surface area contributed by atoms with Gasteiger partial charge in [-0.2, -0.15) is 0 Å². The second-order valence-corrected chi connectivity index (χ2v) is 9.95. The van der Waals surface area contributed by atoms with E-state index >= 15 is 0 Å². The van der Waals surface area contributed by atoms with Crippen LogP contribution in [0.15, 0.2) is 42.5 Å². The van der Waals surface area contributed by atoms with Gasteiger partial charge in [-0.05, 0) is 80.5 Å². The molecule has 3 rings (SSSR count). The quantitative estimate of drug-likeness (QED) is 0.249. The number of methoxy groups -OCH3 is 2. The molecule has 0 fully saturated rings. The molecule has 2 aromatic rings. The predicted molar refractivity (Wildman–Crippen MR) is 155 cm³/mol. The molecule has 10 nitrogen and oxygen atoms in total. The van der Waals surface area contributed by atoms with Gasteiger partial charge in [0, 0.05) is 31.7 Å². The predicted octanol–water partition coefficient (Wildman–Crippen LogP) is 3.58. The summed E-state index contributed by atoms with van der Waals surface area (Å²) in [5, 5.41) is 8.61. The zero-order chi connectivity index (χ0) is 28.7. The fourth-order valence-corrected chi connectivity index (χ4v) is 4.79. The number of carbonyl (C=O) groups is 3. The van der Waals surface area contributed by atoms with Crippen LogP contribution in [0, 0.1) is 0 Å². The lowest BCUT2D eigenvalue weighted by atomic mass is 9.97. The molecular formula is C30H43N5O5. The average Bonchev–Trinajstić information content (AvgIpc) is 2.97. The van der Waals surface area contributed by atoms with Crippen LogP contribution in [0.5, 0.6) is 11.5 Å². The molecule has 2 aromatic carbocycles. The number of unbranched alkanes of at least 4 members (excludes halogenated alkanes) is 3. The Morgan fingerprint density at radius 2 is 1.68 bits per heavy atom. The van der Waals surface area contributed by atoms with Gasteiger partial charge in [-0.3, -0.25) is 9.59 Å².